The van der Waals surface area contributed by atoms with Crippen molar-refractivity contribution >= 4 is 17.8 Å². The van der Waals surface area contributed by atoms with Crippen LogP contribution in [0.4, 0.5) is 8.78 Å². The quantitative estimate of drug-likeness (QED) is 0.475. The van der Waals surface area contributed by atoms with Gasteiger partial charge in [0.25, 0.3) is 5.91 Å². The van der Waals surface area contributed by atoms with E-state index in [0.717, 1.165) is 5.56 Å². The van der Waals surface area contributed by atoms with Gasteiger partial charge in [0, 0.05) is 38.6 Å². The van der Waals surface area contributed by atoms with Crippen molar-refractivity contribution in [2.24, 2.45) is 5.92 Å². The number of rotatable bonds is 10. The molecule has 1 saturated heterocycles. The number of nitrogens with zero attached hydrogens (tertiary/aromatic N) is 3. The van der Waals surface area contributed by atoms with Crippen LogP contribution in [0.5, 0.6) is 5.75 Å². The minimum atomic E-state index is -3.06. The van der Waals surface area contributed by atoms with Crippen LogP contribution in [0.1, 0.15) is 42.1 Å². The van der Waals surface area contributed by atoms with Crippen LogP contribution >= 0.6 is 0 Å². The summed E-state index contributed by atoms with van der Waals surface area (Å²) in [5.74, 6) is -1.74. The molecule has 2 heterocycles. The number of piperidine rings is 1. The summed E-state index contributed by atoms with van der Waals surface area (Å²) in [4.78, 5) is 45.7. The molecule has 0 spiro atoms. The highest BCUT2D eigenvalue weighted by Gasteiger charge is 2.33. The monoisotopic (exact) mass is 489 g/mol. The van der Waals surface area contributed by atoms with Crippen molar-refractivity contribution < 1.29 is 32.6 Å². The van der Waals surface area contributed by atoms with Gasteiger partial charge in [0.2, 0.25) is 5.91 Å². The molecule has 188 valence electrons. The number of benzene rings is 1. The van der Waals surface area contributed by atoms with Crippen molar-refractivity contribution in [2.45, 2.75) is 39.3 Å². The predicted molar refractivity (Wildman–Crippen MR) is 123 cm³/mol. The first kappa shape index (κ1) is 26.1. The summed E-state index contributed by atoms with van der Waals surface area (Å²) in [6.07, 6.45) is 4.49. The van der Waals surface area contributed by atoms with Crippen molar-refractivity contribution in [3.05, 3.63) is 59.9 Å². The Kier molecular flexibility index (Phi) is 9.51. The molecule has 1 unspecified atom stereocenters. The lowest BCUT2D eigenvalue weighted by Crippen LogP contribution is -2.47. The normalized spacial score (nSPS) is 15.5. The second kappa shape index (κ2) is 12.8. The van der Waals surface area contributed by atoms with E-state index in [9.17, 15) is 23.2 Å². The molecule has 0 bridgehead atoms. The molecule has 0 saturated carbocycles. The van der Waals surface area contributed by atoms with Gasteiger partial charge < -0.3 is 19.3 Å². The highest BCUT2D eigenvalue weighted by molar-refractivity contribution is 5.97. The maximum atomic E-state index is 13.5. The van der Waals surface area contributed by atoms with E-state index in [1.165, 1.54) is 23.1 Å². The summed E-state index contributed by atoms with van der Waals surface area (Å²) < 4.78 is 35.1. The number of para-hydroxylation sites is 1. The molecule has 1 aliphatic rings. The summed E-state index contributed by atoms with van der Waals surface area (Å²) >= 11 is 0. The third-order valence-electron chi connectivity index (χ3n) is 5.69. The fourth-order valence-electron chi connectivity index (χ4n) is 4.07. The molecular formula is C25H29F2N3O5. The first-order valence-corrected chi connectivity index (χ1v) is 11.6. The number of ether oxygens (including phenoxy) is 2. The molecule has 1 aliphatic heterocycles. The lowest BCUT2D eigenvalue weighted by molar-refractivity contribution is -0.145. The van der Waals surface area contributed by atoms with Crippen molar-refractivity contribution in [3.63, 3.8) is 0 Å². The van der Waals surface area contributed by atoms with Gasteiger partial charge in [-0.2, -0.15) is 8.78 Å². The average Bonchev–Trinajstić information content (AvgIpc) is 2.86. The third kappa shape index (κ3) is 7.46. The van der Waals surface area contributed by atoms with E-state index in [1.807, 2.05) is 6.07 Å². The largest absolute Gasteiger partial charge is 0.466 e. The summed E-state index contributed by atoms with van der Waals surface area (Å²) in [7, 11) is 0. The van der Waals surface area contributed by atoms with Gasteiger partial charge in [-0.15, -0.1) is 0 Å². The molecule has 2 amide bonds. The predicted octanol–water partition coefficient (Wildman–Crippen LogP) is 3.52. The molecule has 0 N–H and O–H groups in total. The minimum Gasteiger partial charge on any atom is -0.466 e. The van der Waals surface area contributed by atoms with Crippen LogP contribution in [0, 0.1) is 5.92 Å². The van der Waals surface area contributed by atoms with Crippen LogP contribution < -0.4 is 4.74 Å². The fourth-order valence-corrected chi connectivity index (χ4v) is 4.07. The minimum absolute atomic E-state index is 0.0235. The van der Waals surface area contributed by atoms with Crippen LogP contribution in [-0.4, -0.2) is 65.4 Å². The SMILES string of the molecule is CCOC(=O)CCN(Cc1cccnc1)C(=O)C1CCCN(C(=O)c2ccccc2OC(F)F)C1. The van der Waals surface area contributed by atoms with Gasteiger partial charge in [-0.3, -0.25) is 19.4 Å². The Labute approximate surface area is 202 Å². The number of carbonyl (C=O) groups is 3. The van der Waals surface area contributed by atoms with E-state index in [4.69, 9.17) is 4.74 Å². The van der Waals surface area contributed by atoms with Crippen LogP contribution in [0.3, 0.4) is 0 Å². The lowest BCUT2D eigenvalue weighted by Gasteiger charge is -2.35. The third-order valence-corrected chi connectivity index (χ3v) is 5.69. The van der Waals surface area contributed by atoms with E-state index < -0.39 is 24.4 Å². The smallest absolute Gasteiger partial charge is 0.387 e. The zero-order valence-electron chi connectivity index (χ0n) is 19.6. The van der Waals surface area contributed by atoms with E-state index in [-0.39, 0.29) is 49.9 Å². The van der Waals surface area contributed by atoms with E-state index in [1.54, 1.807) is 36.4 Å². The van der Waals surface area contributed by atoms with Crippen LogP contribution in [0.25, 0.3) is 0 Å². The molecule has 1 aromatic carbocycles. The molecule has 35 heavy (non-hydrogen) atoms. The molecule has 2 aromatic rings. The molecular weight excluding hydrogens is 460 g/mol. The molecule has 1 atom stereocenters. The summed E-state index contributed by atoms with van der Waals surface area (Å²) in [6, 6.07) is 9.44. The number of likely N-dealkylation sites (tertiary alicyclic amines) is 1. The number of amides is 2. The first-order chi connectivity index (χ1) is 16.9. The highest BCUT2D eigenvalue weighted by atomic mass is 19.3. The van der Waals surface area contributed by atoms with E-state index in [2.05, 4.69) is 9.72 Å². The van der Waals surface area contributed by atoms with Gasteiger partial charge in [0.05, 0.1) is 24.5 Å². The van der Waals surface area contributed by atoms with Crippen LogP contribution in [0.15, 0.2) is 48.8 Å². The molecule has 3 rings (SSSR count). The van der Waals surface area contributed by atoms with Crippen molar-refractivity contribution in [3.8, 4) is 5.75 Å². The summed E-state index contributed by atoms with van der Waals surface area (Å²) in [6.45, 7) is -0.106. The Hall–Kier alpha value is -3.56. The van der Waals surface area contributed by atoms with Gasteiger partial charge in [-0.05, 0) is 43.5 Å². The molecule has 1 aromatic heterocycles. The Morgan fingerprint density at radius 2 is 2.00 bits per heavy atom. The second-order valence-electron chi connectivity index (χ2n) is 8.14. The van der Waals surface area contributed by atoms with Crippen molar-refractivity contribution in [2.75, 3.05) is 26.2 Å². The van der Waals surface area contributed by atoms with Crippen molar-refractivity contribution in [1.29, 1.82) is 0 Å². The summed E-state index contributed by atoms with van der Waals surface area (Å²) in [5, 5.41) is 0. The average molecular weight is 490 g/mol. The standard InChI is InChI=1S/C25H29F2N3O5/c1-2-34-22(31)11-14-30(16-18-7-5-12-28-15-18)23(32)19-8-6-13-29(17-19)24(33)20-9-3-4-10-21(20)35-25(26)27/h3-5,7,9-10,12,15,19,25H,2,6,8,11,13-14,16-17H2,1H3. The highest BCUT2D eigenvalue weighted by Crippen LogP contribution is 2.26. The Morgan fingerprint density at radius 1 is 1.20 bits per heavy atom. The van der Waals surface area contributed by atoms with Crippen LogP contribution in [0.2, 0.25) is 0 Å². The van der Waals surface area contributed by atoms with Gasteiger partial charge in [0.1, 0.15) is 5.75 Å². The number of halogens is 2. The van der Waals surface area contributed by atoms with Gasteiger partial charge in [-0.25, -0.2) is 0 Å². The maximum Gasteiger partial charge on any atom is 0.387 e. The topological polar surface area (TPSA) is 89.0 Å². The number of alkyl halides is 2. The fraction of sp³-hybridized carbons (Fsp3) is 0.440. The van der Waals surface area contributed by atoms with Gasteiger partial charge in [0.15, 0.2) is 0 Å². The molecule has 8 nitrogen and oxygen atoms in total. The number of esters is 1. The maximum absolute atomic E-state index is 13.5. The molecule has 1 fully saturated rings. The second-order valence-corrected chi connectivity index (χ2v) is 8.14. The van der Waals surface area contributed by atoms with Crippen molar-refractivity contribution in [1.82, 2.24) is 14.8 Å². The summed E-state index contributed by atoms with van der Waals surface area (Å²) in [5.41, 5.74) is 0.835. The van der Waals surface area contributed by atoms with Crippen LogP contribution in [-0.2, 0) is 20.9 Å². The first-order valence-electron chi connectivity index (χ1n) is 11.6. The molecule has 10 heteroatoms. The number of aromatic nitrogens is 1. The molecule has 0 aliphatic carbocycles. The number of carbonyl (C=O) groups excluding carboxylic acids is 3. The zero-order valence-corrected chi connectivity index (χ0v) is 19.6. The van der Waals surface area contributed by atoms with Gasteiger partial charge in [-0.1, -0.05) is 18.2 Å². The van der Waals surface area contributed by atoms with E-state index in [0.29, 0.717) is 19.4 Å². The molecule has 0 radical (unpaired) electrons. The number of hydrogen-bond donors (Lipinski definition) is 0. The van der Waals surface area contributed by atoms with E-state index >= 15 is 0 Å². The lowest BCUT2D eigenvalue weighted by atomic mass is 9.95. The van der Waals surface area contributed by atoms with Gasteiger partial charge >= 0.3 is 12.6 Å². The Balaban J connectivity index is 1.73. The number of pyridine rings is 1. The number of hydrogen-bond acceptors (Lipinski definition) is 6. The Bertz CT molecular complexity index is 1010. The zero-order chi connectivity index (χ0) is 25.2. The Morgan fingerprint density at radius 3 is 2.71 bits per heavy atom.